The van der Waals surface area contributed by atoms with E-state index in [1.165, 1.54) is 0 Å². The summed E-state index contributed by atoms with van der Waals surface area (Å²) >= 11 is 1.64. The Kier molecular flexibility index (Phi) is 3.31. The van der Waals surface area contributed by atoms with Gasteiger partial charge >= 0.3 is 0 Å². The Labute approximate surface area is 109 Å². The van der Waals surface area contributed by atoms with Crippen LogP contribution < -0.4 is 10.2 Å². The fourth-order valence-corrected chi connectivity index (χ4v) is 2.81. The zero-order chi connectivity index (χ0) is 12.4. The minimum Gasteiger partial charge on any atom is -0.497 e. The van der Waals surface area contributed by atoms with Gasteiger partial charge in [0.25, 0.3) is 0 Å². The van der Waals surface area contributed by atoms with E-state index in [4.69, 9.17) is 9.47 Å². The van der Waals surface area contributed by atoms with Gasteiger partial charge in [0, 0.05) is 13.1 Å². The Morgan fingerprint density at radius 2 is 2.22 bits per heavy atom. The molecule has 2 heterocycles. The SMILES string of the molecule is COc1ccc2nc(NN3CCOCC3)sc2c1. The maximum Gasteiger partial charge on any atom is 0.198 e. The lowest BCUT2D eigenvalue weighted by Gasteiger charge is -2.26. The smallest absolute Gasteiger partial charge is 0.198 e. The van der Waals surface area contributed by atoms with Crippen LogP contribution in [-0.4, -0.2) is 43.4 Å². The van der Waals surface area contributed by atoms with Crippen molar-refractivity contribution in [2.24, 2.45) is 0 Å². The number of nitrogens with zero attached hydrogens (tertiary/aromatic N) is 2. The number of ether oxygens (including phenoxy) is 2. The summed E-state index contributed by atoms with van der Waals surface area (Å²) in [5.74, 6) is 0.865. The van der Waals surface area contributed by atoms with E-state index in [0.717, 1.165) is 47.4 Å². The fraction of sp³-hybridized carbons (Fsp3) is 0.417. The van der Waals surface area contributed by atoms with E-state index in [1.54, 1.807) is 18.4 Å². The summed E-state index contributed by atoms with van der Waals surface area (Å²) in [4.78, 5) is 4.55. The molecule has 0 unspecified atom stereocenters. The maximum absolute atomic E-state index is 5.31. The average molecular weight is 265 g/mol. The van der Waals surface area contributed by atoms with E-state index in [2.05, 4.69) is 15.4 Å². The van der Waals surface area contributed by atoms with Crippen LogP contribution in [0.5, 0.6) is 5.75 Å². The molecule has 0 saturated carbocycles. The van der Waals surface area contributed by atoms with Crippen molar-refractivity contribution in [1.82, 2.24) is 9.99 Å². The van der Waals surface area contributed by atoms with Crippen LogP contribution in [0.4, 0.5) is 5.13 Å². The fourth-order valence-electron chi connectivity index (χ4n) is 1.89. The predicted octanol–water partition coefficient (Wildman–Crippen LogP) is 1.96. The first kappa shape index (κ1) is 11.7. The van der Waals surface area contributed by atoms with Crippen LogP contribution in [0, 0.1) is 0 Å². The van der Waals surface area contributed by atoms with Gasteiger partial charge in [0.2, 0.25) is 0 Å². The highest BCUT2D eigenvalue weighted by molar-refractivity contribution is 7.22. The topological polar surface area (TPSA) is 46.6 Å². The Bertz CT molecular complexity index is 537. The highest BCUT2D eigenvalue weighted by atomic mass is 32.1. The first-order valence-corrected chi connectivity index (χ1v) is 6.71. The molecule has 0 spiro atoms. The molecule has 1 aromatic heterocycles. The summed E-state index contributed by atoms with van der Waals surface area (Å²) in [7, 11) is 1.68. The first-order valence-electron chi connectivity index (χ1n) is 5.89. The number of thiazole rings is 1. The lowest BCUT2D eigenvalue weighted by molar-refractivity contribution is 0.0497. The third kappa shape index (κ3) is 2.40. The Balaban J connectivity index is 1.79. The first-order chi connectivity index (χ1) is 8.85. The van der Waals surface area contributed by atoms with Crippen molar-refractivity contribution in [3.63, 3.8) is 0 Å². The van der Waals surface area contributed by atoms with Crippen LogP contribution in [0.2, 0.25) is 0 Å². The van der Waals surface area contributed by atoms with E-state index < -0.39 is 0 Å². The van der Waals surface area contributed by atoms with Crippen molar-refractivity contribution < 1.29 is 9.47 Å². The number of hydrazine groups is 1. The number of anilines is 1. The minimum absolute atomic E-state index is 0.770. The molecule has 1 fully saturated rings. The second-order valence-corrected chi connectivity index (χ2v) is 5.09. The average Bonchev–Trinajstić information content (AvgIpc) is 2.80. The molecule has 18 heavy (non-hydrogen) atoms. The molecule has 0 atom stereocenters. The molecule has 0 radical (unpaired) electrons. The van der Waals surface area contributed by atoms with Gasteiger partial charge < -0.3 is 9.47 Å². The zero-order valence-electron chi connectivity index (χ0n) is 10.2. The van der Waals surface area contributed by atoms with Gasteiger partial charge in [0.15, 0.2) is 5.13 Å². The molecule has 1 aromatic carbocycles. The predicted molar refractivity (Wildman–Crippen MR) is 72.2 cm³/mol. The summed E-state index contributed by atoms with van der Waals surface area (Å²) in [5.41, 5.74) is 4.32. The number of benzene rings is 1. The molecule has 0 bridgehead atoms. The molecule has 6 heteroatoms. The van der Waals surface area contributed by atoms with E-state index >= 15 is 0 Å². The number of rotatable bonds is 3. The molecular weight excluding hydrogens is 250 g/mol. The van der Waals surface area contributed by atoms with E-state index in [0.29, 0.717) is 0 Å². The van der Waals surface area contributed by atoms with Crippen molar-refractivity contribution >= 4 is 26.7 Å². The van der Waals surface area contributed by atoms with E-state index in [1.807, 2.05) is 18.2 Å². The summed E-state index contributed by atoms with van der Waals surface area (Å²) in [6, 6.07) is 5.92. The van der Waals surface area contributed by atoms with Crippen LogP contribution in [0.15, 0.2) is 18.2 Å². The highest BCUT2D eigenvalue weighted by Gasteiger charge is 2.12. The molecule has 1 saturated heterocycles. The molecular formula is C12H15N3O2S. The van der Waals surface area contributed by atoms with Crippen molar-refractivity contribution in [1.29, 1.82) is 0 Å². The second kappa shape index (κ2) is 5.09. The normalized spacial score (nSPS) is 16.9. The molecule has 1 N–H and O–H groups in total. The van der Waals surface area contributed by atoms with Gasteiger partial charge in [0.05, 0.1) is 30.5 Å². The standard InChI is InChI=1S/C12H15N3O2S/c1-16-9-2-3-10-11(8-9)18-12(13-10)14-15-4-6-17-7-5-15/h2-3,8H,4-7H2,1H3,(H,13,14). The van der Waals surface area contributed by atoms with E-state index in [9.17, 15) is 0 Å². The van der Waals surface area contributed by atoms with Gasteiger partial charge in [-0.05, 0) is 18.2 Å². The maximum atomic E-state index is 5.31. The van der Waals surface area contributed by atoms with Crippen molar-refractivity contribution in [2.45, 2.75) is 0 Å². The summed E-state index contributed by atoms with van der Waals surface area (Å²) < 4.78 is 11.7. The van der Waals surface area contributed by atoms with Gasteiger partial charge in [-0.3, -0.25) is 5.43 Å². The lowest BCUT2D eigenvalue weighted by atomic mass is 10.3. The number of fused-ring (bicyclic) bond motifs is 1. The molecule has 1 aliphatic rings. The number of hydrogen-bond acceptors (Lipinski definition) is 6. The molecule has 2 aromatic rings. The van der Waals surface area contributed by atoms with Crippen LogP contribution in [0.25, 0.3) is 10.2 Å². The van der Waals surface area contributed by atoms with E-state index in [-0.39, 0.29) is 0 Å². The third-order valence-corrected chi connectivity index (χ3v) is 3.78. The highest BCUT2D eigenvalue weighted by Crippen LogP contribution is 2.29. The Morgan fingerprint density at radius 1 is 1.39 bits per heavy atom. The van der Waals surface area contributed by atoms with Gasteiger partial charge in [-0.15, -0.1) is 0 Å². The largest absolute Gasteiger partial charge is 0.497 e. The second-order valence-electron chi connectivity index (χ2n) is 4.06. The number of hydrogen-bond donors (Lipinski definition) is 1. The Morgan fingerprint density at radius 3 is 3.00 bits per heavy atom. The summed E-state index contributed by atoms with van der Waals surface area (Å²) in [5, 5.41) is 3.05. The molecule has 0 aliphatic carbocycles. The number of nitrogens with one attached hydrogen (secondary N) is 1. The zero-order valence-corrected chi connectivity index (χ0v) is 11.0. The third-order valence-electron chi connectivity index (χ3n) is 2.86. The lowest BCUT2D eigenvalue weighted by Crippen LogP contribution is -2.40. The van der Waals surface area contributed by atoms with Crippen LogP contribution in [0.1, 0.15) is 0 Å². The number of methoxy groups -OCH3 is 1. The molecule has 0 amide bonds. The van der Waals surface area contributed by atoms with Crippen molar-refractivity contribution in [3.05, 3.63) is 18.2 Å². The van der Waals surface area contributed by atoms with Crippen molar-refractivity contribution in [2.75, 3.05) is 38.8 Å². The van der Waals surface area contributed by atoms with Gasteiger partial charge in [0.1, 0.15) is 5.75 Å². The van der Waals surface area contributed by atoms with Crippen molar-refractivity contribution in [3.8, 4) is 5.75 Å². The summed E-state index contributed by atoms with van der Waals surface area (Å²) in [6.07, 6.45) is 0. The van der Waals surface area contributed by atoms with Gasteiger partial charge in [-0.1, -0.05) is 11.3 Å². The monoisotopic (exact) mass is 265 g/mol. The molecule has 5 nitrogen and oxygen atoms in total. The minimum atomic E-state index is 0.770. The van der Waals surface area contributed by atoms with Gasteiger partial charge in [-0.25, -0.2) is 9.99 Å². The van der Waals surface area contributed by atoms with Gasteiger partial charge in [-0.2, -0.15) is 0 Å². The number of morpholine rings is 1. The molecule has 1 aliphatic heterocycles. The summed E-state index contributed by atoms with van der Waals surface area (Å²) in [6.45, 7) is 3.32. The van der Waals surface area contributed by atoms with Crippen LogP contribution in [-0.2, 0) is 4.74 Å². The molecule has 3 rings (SSSR count). The Hall–Kier alpha value is -1.37. The number of aromatic nitrogens is 1. The van der Waals surface area contributed by atoms with Crippen LogP contribution >= 0.6 is 11.3 Å². The quantitative estimate of drug-likeness (QED) is 0.919. The van der Waals surface area contributed by atoms with Crippen LogP contribution in [0.3, 0.4) is 0 Å². The molecule has 96 valence electrons.